The molecule has 9 nitrogen and oxygen atoms in total. The standard InChI is InChI=1S/C16H21N7O2/c1-2-23-14-11(20-16(23)13-15(17)22-25-21-13)7-19-8-12(14)24-9-10-4-3-5-18-6-10/h7-8,10,18H,2-6,9H2,1H3,(H2,17,22). The van der Waals surface area contributed by atoms with Gasteiger partial charge in [0.05, 0.1) is 19.0 Å². The van der Waals surface area contributed by atoms with Gasteiger partial charge in [-0.1, -0.05) is 0 Å². The Morgan fingerprint density at radius 2 is 2.32 bits per heavy atom. The Hall–Kier alpha value is -2.68. The molecule has 3 aromatic heterocycles. The van der Waals surface area contributed by atoms with Gasteiger partial charge in [0.25, 0.3) is 0 Å². The number of imidazole rings is 1. The van der Waals surface area contributed by atoms with Crippen LogP contribution in [0.2, 0.25) is 0 Å². The highest BCUT2D eigenvalue weighted by molar-refractivity contribution is 5.85. The molecule has 25 heavy (non-hydrogen) atoms. The van der Waals surface area contributed by atoms with Crippen LogP contribution in [0.5, 0.6) is 5.75 Å². The predicted octanol–water partition coefficient (Wildman–Crippen LogP) is 1.46. The van der Waals surface area contributed by atoms with E-state index < -0.39 is 0 Å². The van der Waals surface area contributed by atoms with Gasteiger partial charge in [-0.2, -0.15) is 0 Å². The molecule has 1 aliphatic heterocycles. The van der Waals surface area contributed by atoms with E-state index in [4.69, 9.17) is 15.1 Å². The fraction of sp³-hybridized carbons (Fsp3) is 0.500. The van der Waals surface area contributed by atoms with Crippen LogP contribution in [0.3, 0.4) is 0 Å². The lowest BCUT2D eigenvalue weighted by atomic mass is 10.0. The van der Waals surface area contributed by atoms with Crippen LogP contribution in [0.25, 0.3) is 22.6 Å². The summed E-state index contributed by atoms with van der Waals surface area (Å²) >= 11 is 0. The Kier molecular flexibility index (Phi) is 4.22. The summed E-state index contributed by atoms with van der Waals surface area (Å²) in [5, 5.41) is 10.9. The smallest absolute Gasteiger partial charge is 0.199 e. The Morgan fingerprint density at radius 3 is 3.04 bits per heavy atom. The number of hydrogen-bond acceptors (Lipinski definition) is 8. The number of hydrogen-bond donors (Lipinski definition) is 2. The zero-order chi connectivity index (χ0) is 17.2. The first-order chi connectivity index (χ1) is 12.3. The molecule has 132 valence electrons. The number of nitrogens with one attached hydrogen (secondary N) is 1. The van der Waals surface area contributed by atoms with E-state index in [1.807, 2.05) is 11.5 Å². The largest absolute Gasteiger partial charge is 0.489 e. The molecule has 0 radical (unpaired) electrons. The molecule has 0 bridgehead atoms. The molecule has 4 rings (SSSR count). The average molecular weight is 343 g/mol. The van der Waals surface area contributed by atoms with E-state index in [-0.39, 0.29) is 5.82 Å². The highest BCUT2D eigenvalue weighted by atomic mass is 16.6. The number of ether oxygens (including phenoxy) is 1. The summed E-state index contributed by atoms with van der Waals surface area (Å²) in [6.07, 6.45) is 5.81. The van der Waals surface area contributed by atoms with Gasteiger partial charge in [0.1, 0.15) is 11.0 Å². The van der Waals surface area contributed by atoms with E-state index in [0.717, 1.165) is 29.9 Å². The number of anilines is 1. The molecule has 0 saturated carbocycles. The lowest BCUT2D eigenvalue weighted by Crippen LogP contribution is -2.33. The number of nitrogens with two attached hydrogens (primary N) is 1. The van der Waals surface area contributed by atoms with Crippen LogP contribution in [-0.2, 0) is 6.54 Å². The van der Waals surface area contributed by atoms with Crippen molar-refractivity contribution in [3.63, 3.8) is 0 Å². The number of nitrogens with zero attached hydrogens (tertiary/aromatic N) is 5. The number of rotatable bonds is 5. The number of piperidine rings is 1. The zero-order valence-electron chi connectivity index (χ0n) is 14.1. The average Bonchev–Trinajstić information content (AvgIpc) is 3.23. The molecular weight excluding hydrogens is 322 g/mol. The van der Waals surface area contributed by atoms with E-state index in [0.29, 0.717) is 30.6 Å². The number of aromatic nitrogens is 5. The van der Waals surface area contributed by atoms with Gasteiger partial charge in [-0.3, -0.25) is 4.98 Å². The number of fused-ring (bicyclic) bond motifs is 1. The van der Waals surface area contributed by atoms with Gasteiger partial charge in [0.2, 0.25) is 0 Å². The molecule has 4 heterocycles. The van der Waals surface area contributed by atoms with Gasteiger partial charge in [0, 0.05) is 19.0 Å². The molecule has 1 aliphatic rings. The van der Waals surface area contributed by atoms with Crippen LogP contribution < -0.4 is 15.8 Å². The summed E-state index contributed by atoms with van der Waals surface area (Å²) in [7, 11) is 0. The fourth-order valence-electron chi connectivity index (χ4n) is 3.28. The van der Waals surface area contributed by atoms with Crippen LogP contribution >= 0.6 is 0 Å². The van der Waals surface area contributed by atoms with Gasteiger partial charge in [0.15, 0.2) is 23.1 Å². The third-order valence-electron chi connectivity index (χ3n) is 4.53. The molecule has 0 spiro atoms. The van der Waals surface area contributed by atoms with Crippen molar-refractivity contribution in [2.45, 2.75) is 26.3 Å². The Morgan fingerprint density at radius 1 is 1.40 bits per heavy atom. The van der Waals surface area contributed by atoms with Crippen molar-refractivity contribution in [2.24, 2.45) is 5.92 Å². The highest BCUT2D eigenvalue weighted by Crippen LogP contribution is 2.31. The molecule has 3 aromatic rings. The third-order valence-corrected chi connectivity index (χ3v) is 4.53. The lowest BCUT2D eigenvalue weighted by Gasteiger charge is -2.23. The van der Waals surface area contributed by atoms with Crippen molar-refractivity contribution in [3.8, 4) is 17.3 Å². The second-order valence-electron chi connectivity index (χ2n) is 6.21. The van der Waals surface area contributed by atoms with Gasteiger partial charge in [-0.25, -0.2) is 9.61 Å². The first-order valence-electron chi connectivity index (χ1n) is 8.54. The van der Waals surface area contributed by atoms with Crippen molar-refractivity contribution in [1.29, 1.82) is 0 Å². The second-order valence-corrected chi connectivity index (χ2v) is 6.21. The van der Waals surface area contributed by atoms with Crippen molar-refractivity contribution in [3.05, 3.63) is 12.4 Å². The first kappa shape index (κ1) is 15.8. The van der Waals surface area contributed by atoms with Crippen molar-refractivity contribution >= 4 is 16.9 Å². The highest BCUT2D eigenvalue weighted by Gasteiger charge is 2.21. The maximum atomic E-state index is 6.11. The number of aryl methyl sites for hydroxylation is 1. The molecule has 1 saturated heterocycles. The van der Waals surface area contributed by atoms with Gasteiger partial charge >= 0.3 is 0 Å². The van der Waals surface area contributed by atoms with Crippen molar-refractivity contribution in [1.82, 2.24) is 30.2 Å². The predicted molar refractivity (Wildman–Crippen MR) is 92.0 cm³/mol. The van der Waals surface area contributed by atoms with E-state index in [9.17, 15) is 0 Å². The summed E-state index contributed by atoms with van der Waals surface area (Å²) in [6.45, 7) is 5.45. The SMILES string of the molecule is CCn1c(-c2nonc2N)nc2cncc(OCC3CCCNC3)c21. The normalized spacial score (nSPS) is 17.9. The van der Waals surface area contributed by atoms with Crippen molar-refractivity contribution in [2.75, 3.05) is 25.4 Å². The first-order valence-corrected chi connectivity index (χ1v) is 8.54. The quantitative estimate of drug-likeness (QED) is 0.715. The third kappa shape index (κ3) is 2.91. The van der Waals surface area contributed by atoms with E-state index >= 15 is 0 Å². The van der Waals surface area contributed by atoms with Crippen LogP contribution in [-0.4, -0.2) is 44.5 Å². The minimum absolute atomic E-state index is 0.216. The second kappa shape index (κ2) is 6.67. The van der Waals surface area contributed by atoms with Gasteiger partial charge < -0.3 is 20.4 Å². The molecular formula is C16H21N7O2. The van der Waals surface area contributed by atoms with Crippen molar-refractivity contribution < 1.29 is 9.37 Å². The lowest BCUT2D eigenvalue weighted by molar-refractivity contribution is 0.219. The van der Waals surface area contributed by atoms with Crippen LogP contribution in [0.1, 0.15) is 19.8 Å². The van der Waals surface area contributed by atoms with Crippen LogP contribution in [0, 0.1) is 5.92 Å². The molecule has 3 N–H and O–H groups in total. The maximum absolute atomic E-state index is 6.11. The Balaban J connectivity index is 1.70. The summed E-state index contributed by atoms with van der Waals surface area (Å²) in [4.78, 5) is 8.87. The molecule has 1 fully saturated rings. The molecule has 0 amide bonds. The summed E-state index contributed by atoms with van der Waals surface area (Å²) in [6, 6.07) is 0. The summed E-state index contributed by atoms with van der Waals surface area (Å²) < 4.78 is 12.8. The Bertz CT molecular complexity index is 867. The topological polar surface area (TPSA) is 117 Å². The monoisotopic (exact) mass is 343 g/mol. The van der Waals surface area contributed by atoms with E-state index in [1.54, 1.807) is 12.4 Å². The van der Waals surface area contributed by atoms with Gasteiger partial charge in [-0.15, -0.1) is 0 Å². The molecule has 0 aliphatic carbocycles. The minimum atomic E-state index is 0.216. The summed E-state index contributed by atoms with van der Waals surface area (Å²) in [5.41, 5.74) is 7.89. The van der Waals surface area contributed by atoms with Crippen LogP contribution in [0.15, 0.2) is 17.0 Å². The minimum Gasteiger partial charge on any atom is -0.489 e. The molecule has 0 aromatic carbocycles. The van der Waals surface area contributed by atoms with Gasteiger partial charge in [-0.05, 0) is 36.6 Å². The summed E-state index contributed by atoms with van der Waals surface area (Å²) in [5.74, 6) is 2.05. The van der Waals surface area contributed by atoms with Crippen LogP contribution in [0.4, 0.5) is 5.82 Å². The Labute approximate surface area is 144 Å². The van der Waals surface area contributed by atoms with E-state index in [1.165, 1.54) is 12.8 Å². The number of pyridine rings is 1. The number of nitrogen functional groups attached to an aromatic ring is 1. The van der Waals surface area contributed by atoms with E-state index in [2.05, 4.69) is 25.6 Å². The molecule has 1 unspecified atom stereocenters. The maximum Gasteiger partial charge on any atom is 0.199 e. The fourth-order valence-corrected chi connectivity index (χ4v) is 3.28. The molecule has 9 heteroatoms. The molecule has 1 atom stereocenters. The zero-order valence-corrected chi connectivity index (χ0v) is 14.1.